The van der Waals surface area contributed by atoms with Crippen molar-refractivity contribution < 1.29 is 22.8 Å². The Morgan fingerprint density at radius 2 is 1.71 bits per heavy atom. The van der Waals surface area contributed by atoms with Gasteiger partial charge in [0.05, 0.1) is 22.3 Å². The first-order valence-electron chi connectivity index (χ1n) is 12.1. The van der Waals surface area contributed by atoms with Crippen LogP contribution in [-0.2, 0) is 24.4 Å². The lowest BCUT2D eigenvalue weighted by molar-refractivity contribution is -0.146. The van der Waals surface area contributed by atoms with Gasteiger partial charge in [-0.25, -0.2) is 8.42 Å². The number of halogens is 1. The molecule has 10 heteroatoms. The van der Waals surface area contributed by atoms with Gasteiger partial charge in [0.15, 0.2) is 12.5 Å². The molecule has 1 aliphatic rings. The first-order chi connectivity index (χ1) is 18.3. The zero-order valence-electron chi connectivity index (χ0n) is 20.9. The molecule has 1 heterocycles. The molecular formula is C28H28ClN3O5S. The van der Waals surface area contributed by atoms with Gasteiger partial charge in [0, 0.05) is 23.6 Å². The number of amides is 1. The molecule has 1 atom stereocenters. The molecule has 0 radical (unpaired) electrons. The summed E-state index contributed by atoms with van der Waals surface area (Å²) in [5, 5.41) is 4.75. The van der Waals surface area contributed by atoms with Crippen LogP contribution in [0.1, 0.15) is 31.7 Å². The van der Waals surface area contributed by atoms with E-state index < -0.39 is 22.0 Å². The fraction of sp³-hybridized carbons (Fsp3) is 0.250. The van der Waals surface area contributed by atoms with E-state index in [0.717, 1.165) is 5.56 Å². The highest BCUT2D eigenvalue weighted by atomic mass is 35.5. The van der Waals surface area contributed by atoms with Gasteiger partial charge in [0.25, 0.3) is 10.0 Å². The van der Waals surface area contributed by atoms with E-state index in [1.54, 1.807) is 66.7 Å². The maximum absolute atomic E-state index is 13.5. The monoisotopic (exact) mass is 553 g/mol. The van der Waals surface area contributed by atoms with Gasteiger partial charge in [-0.15, -0.1) is 0 Å². The Balaban J connectivity index is 1.54. The van der Waals surface area contributed by atoms with E-state index in [9.17, 15) is 18.0 Å². The number of para-hydroxylation sites is 1. The van der Waals surface area contributed by atoms with E-state index in [0.29, 0.717) is 29.3 Å². The molecule has 3 aromatic rings. The molecule has 8 nitrogen and oxygen atoms in total. The summed E-state index contributed by atoms with van der Waals surface area (Å²) in [4.78, 5) is 32.9. The van der Waals surface area contributed by atoms with Gasteiger partial charge >= 0.3 is 0 Å². The average Bonchev–Trinajstić information content (AvgIpc) is 2.89. The summed E-state index contributed by atoms with van der Waals surface area (Å²) >= 11 is 6.11. The molecule has 0 saturated carbocycles. The van der Waals surface area contributed by atoms with Crippen LogP contribution in [0.3, 0.4) is 0 Å². The predicted octanol–water partition coefficient (Wildman–Crippen LogP) is 4.88. The van der Waals surface area contributed by atoms with Gasteiger partial charge in [-0.05, 0) is 56.2 Å². The number of sulfonamides is 1. The Kier molecular flexibility index (Phi) is 8.81. The van der Waals surface area contributed by atoms with Crippen molar-refractivity contribution in [1.82, 2.24) is 4.90 Å². The van der Waals surface area contributed by atoms with Crippen molar-refractivity contribution in [3.8, 4) is 0 Å². The van der Waals surface area contributed by atoms with E-state index >= 15 is 0 Å². The van der Waals surface area contributed by atoms with Crippen molar-refractivity contribution in [3.63, 3.8) is 0 Å². The lowest BCUT2D eigenvalue weighted by Crippen LogP contribution is -2.47. The first kappa shape index (κ1) is 27.3. The third-order valence-corrected chi connectivity index (χ3v) is 8.33. The third kappa shape index (κ3) is 6.41. The summed E-state index contributed by atoms with van der Waals surface area (Å²) in [6.45, 7) is 1.08. The Hall–Kier alpha value is -3.69. The van der Waals surface area contributed by atoms with Crippen LogP contribution >= 0.6 is 11.6 Å². The Bertz CT molecular complexity index is 1410. The summed E-state index contributed by atoms with van der Waals surface area (Å²) in [5.74, 6) is -0.595. The molecule has 1 aliphatic heterocycles. The van der Waals surface area contributed by atoms with Crippen LogP contribution < -0.4 is 4.31 Å². The Labute approximate surface area is 227 Å². The van der Waals surface area contributed by atoms with Gasteiger partial charge in [-0.3, -0.25) is 18.8 Å². The number of anilines is 1. The molecule has 198 valence electrons. The maximum atomic E-state index is 13.5. The quantitative estimate of drug-likeness (QED) is 0.396. The van der Waals surface area contributed by atoms with Crippen molar-refractivity contribution in [1.29, 1.82) is 0 Å². The summed E-state index contributed by atoms with van der Waals surface area (Å²) in [6.07, 6.45) is 0.590. The number of ketones is 1. The fourth-order valence-electron chi connectivity index (χ4n) is 4.31. The zero-order chi connectivity index (χ0) is 27.1. The minimum atomic E-state index is -3.93. The number of Topliss-reactive ketones (excluding diaryl/α,β-unsaturated/α-hetero) is 1. The SMILES string of the molecule is CC(=O)[C@@H]1CC/C(c2cccc(Cl)c2)=N\OCN1C(=O)CCN(c1ccccc1)S(=O)(=O)c1ccccc1. The molecule has 0 aliphatic carbocycles. The van der Waals surface area contributed by atoms with E-state index in [-0.39, 0.29) is 30.4 Å². The molecular weight excluding hydrogens is 526 g/mol. The van der Waals surface area contributed by atoms with Crippen LogP contribution in [0.5, 0.6) is 0 Å². The summed E-state index contributed by atoms with van der Waals surface area (Å²) in [6, 6.07) is 23.1. The van der Waals surface area contributed by atoms with Crippen molar-refractivity contribution >= 4 is 44.7 Å². The molecule has 0 unspecified atom stereocenters. The van der Waals surface area contributed by atoms with Gasteiger partial charge in [-0.2, -0.15) is 0 Å². The topological polar surface area (TPSA) is 96.3 Å². The first-order valence-corrected chi connectivity index (χ1v) is 14.0. The smallest absolute Gasteiger partial charge is 0.264 e. The Morgan fingerprint density at radius 3 is 2.37 bits per heavy atom. The number of nitrogens with zero attached hydrogens (tertiary/aromatic N) is 3. The van der Waals surface area contributed by atoms with Crippen molar-refractivity contribution in [2.24, 2.45) is 5.16 Å². The van der Waals surface area contributed by atoms with Crippen molar-refractivity contribution in [2.75, 3.05) is 17.6 Å². The second kappa shape index (κ2) is 12.2. The van der Waals surface area contributed by atoms with E-state index in [4.69, 9.17) is 16.4 Å². The van der Waals surface area contributed by atoms with Crippen molar-refractivity contribution in [3.05, 3.63) is 95.5 Å². The van der Waals surface area contributed by atoms with Gasteiger partial charge in [0.2, 0.25) is 5.91 Å². The number of oxime groups is 1. The van der Waals surface area contributed by atoms with Crippen LogP contribution in [-0.4, -0.2) is 50.0 Å². The minimum Gasteiger partial charge on any atom is -0.374 e. The number of benzene rings is 3. The number of hydrogen-bond acceptors (Lipinski definition) is 6. The lowest BCUT2D eigenvalue weighted by atomic mass is 9.99. The van der Waals surface area contributed by atoms with Gasteiger partial charge in [0.1, 0.15) is 0 Å². The normalized spacial score (nSPS) is 17.4. The number of hydrogen-bond donors (Lipinski definition) is 0. The molecule has 0 saturated heterocycles. The number of rotatable bonds is 8. The number of carbonyl (C=O) groups excluding carboxylic acids is 2. The van der Waals surface area contributed by atoms with Crippen LogP contribution in [0.15, 0.2) is 95.0 Å². The molecule has 0 bridgehead atoms. The number of carbonyl (C=O) groups is 2. The largest absolute Gasteiger partial charge is 0.374 e. The second-order valence-corrected chi connectivity index (χ2v) is 11.1. The lowest BCUT2D eigenvalue weighted by Gasteiger charge is -2.32. The summed E-state index contributed by atoms with van der Waals surface area (Å²) < 4.78 is 28.2. The fourth-order valence-corrected chi connectivity index (χ4v) is 5.99. The van der Waals surface area contributed by atoms with Crippen LogP contribution in [0.25, 0.3) is 0 Å². The highest BCUT2D eigenvalue weighted by Crippen LogP contribution is 2.25. The predicted molar refractivity (Wildman–Crippen MR) is 147 cm³/mol. The van der Waals surface area contributed by atoms with Gasteiger partial charge < -0.3 is 4.84 Å². The second-order valence-electron chi connectivity index (χ2n) is 8.81. The summed E-state index contributed by atoms with van der Waals surface area (Å²) in [7, 11) is -3.93. The van der Waals surface area contributed by atoms with Crippen LogP contribution in [0, 0.1) is 0 Å². The summed E-state index contributed by atoms with van der Waals surface area (Å²) in [5.41, 5.74) is 1.85. The van der Waals surface area contributed by atoms with Crippen LogP contribution in [0.4, 0.5) is 5.69 Å². The highest BCUT2D eigenvalue weighted by molar-refractivity contribution is 7.92. The molecule has 1 amide bonds. The molecule has 0 N–H and O–H groups in total. The van der Waals surface area contributed by atoms with Gasteiger partial charge in [-0.1, -0.05) is 65.3 Å². The van der Waals surface area contributed by atoms with Crippen molar-refractivity contribution in [2.45, 2.75) is 37.1 Å². The molecule has 0 aromatic heterocycles. The van der Waals surface area contributed by atoms with E-state index in [1.807, 2.05) is 6.07 Å². The molecule has 0 spiro atoms. The third-order valence-electron chi connectivity index (χ3n) is 6.25. The minimum absolute atomic E-state index is 0.113. The van der Waals surface area contributed by atoms with E-state index in [2.05, 4.69) is 5.16 Å². The zero-order valence-corrected chi connectivity index (χ0v) is 22.4. The van der Waals surface area contributed by atoms with E-state index in [1.165, 1.54) is 28.3 Å². The maximum Gasteiger partial charge on any atom is 0.264 e. The molecule has 3 aromatic carbocycles. The highest BCUT2D eigenvalue weighted by Gasteiger charge is 2.32. The molecule has 38 heavy (non-hydrogen) atoms. The standard InChI is InChI=1S/C28H28ClN3O5S/c1-21(33)27-16-15-26(22-9-8-10-23(29)19-22)30-37-20-31(27)28(34)17-18-32(24-11-4-2-5-12-24)38(35,36)25-13-6-3-7-14-25/h2-14,19,27H,15-18,20H2,1H3/b30-26+/t27-/m0/s1. The average molecular weight is 554 g/mol. The Morgan fingerprint density at radius 1 is 1.03 bits per heavy atom. The van der Waals surface area contributed by atoms with Crippen LogP contribution in [0.2, 0.25) is 5.02 Å². The molecule has 4 rings (SSSR count). The molecule has 0 fully saturated rings.